The zero-order valence-corrected chi connectivity index (χ0v) is 9.46. The van der Waals surface area contributed by atoms with Gasteiger partial charge in [0, 0.05) is 17.3 Å². The van der Waals surface area contributed by atoms with E-state index in [1.54, 1.807) is 0 Å². The van der Waals surface area contributed by atoms with E-state index < -0.39 is 0 Å². The highest BCUT2D eigenvalue weighted by Crippen LogP contribution is 2.20. The maximum Gasteiger partial charge on any atom is 0.0397 e. The zero-order chi connectivity index (χ0) is 10.3. The molecule has 0 aromatic carbocycles. The summed E-state index contributed by atoms with van der Waals surface area (Å²) in [6.07, 6.45) is 9.33. The molecule has 1 aliphatic heterocycles. The van der Waals surface area contributed by atoms with Crippen molar-refractivity contribution in [2.75, 3.05) is 0 Å². The minimum Gasteiger partial charge on any atom is -0.262 e. The first-order valence-corrected chi connectivity index (χ1v) is 5.08. The molecule has 0 radical (unpaired) electrons. The van der Waals surface area contributed by atoms with Gasteiger partial charge in [0.1, 0.15) is 0 Å². The van der Waals surface area contributed by atoms with Crippen LogP contribution in [0.1, 0.15) is 41.0 Å². The normalized spacial score (nSPS) is 18.4. The monoisotopic (exact) mass is 179 g/mol. The predicted molar refractivity (Wildman–Crippen MR) is 61.1 cm³/mol. The van der Waals surface area contributed by atoms with E-state index in [0.717, 1.165) is 12.1 Å². The Kier molecular flexibility index (Phi) is 5.36. The maximum atomic E-state index is 4.29. The molecule has 0 aromatic heterocycles. The molecule has 1 rings (SSSR count). The van der Waals surface area contributed by atoms with Crippen molar-refractivity contribution in [1.82, 2.24) is 0 Å². The summed E-state index contributed by atoms with van der Waals surface area (Å²) in [7, 11) is 0. The molecule has 0 fully saturated rings. The fourth-order valence-electron chi connectivity index (χ4n) is 0.944. The molecule has 1 heterocycles. The van der Waals surface area contributed by atoms with E-state index in [4.69, 9.17) is 0 Å². The van der Waals surface area contributed by atoms with Gasteiger partial charge in [-0.2, -0.15) is 0 Å². The van der Waals surface area contributed by atoms with Gasteiger partial charge < -0.3 is 0 Å². The van der Waals surface area contributed by atoms with Crippen molar-refractivity contribution in [3.8, 4) is 0 Å². The molecule has 0 aliphatic carbocycles. The van der Waals surface area contributed by atoms with Crippen LogP contribution in [0.25, 0.3) is 0 Å². The van der Waals surface area contributed by atoms with Gasteiger partial charge in [0.2, 0.25) is 0 Å². The lowest BCUT2D eigenvalue weighted by Crippen LogP contribution is -2.01. The van der Waals surface area contributed by atoms with Crippen molar-refractivity contribution < 1.29 is 0 Å². The first-order chi connectivity index (χ1) is 6.14. The molecule has 0 saturated heterocycles. The molecule has 0 bridgehead atoms. The number of aliphatic imine (C=N–C) groups is 1. The van der Waals surface area contributed by atoms with Crippen molar-refractivity contribution in [3.63, 3.8) is 0 Å². The van der Waals surface area contributed by atoms with Crippen LogP contribution in [-0.2, 0) is 0 Å². The van der Waals surface area contributed by atoms with Crippen LogP contribution in [0.5, 0.6) is 0 Å². The van der Waals surface area contributed by atoms with Crippen LogP contribution in [0.2, 0.25) is 0 Å². The van der Waals surface area contributed by atoms with Crippen molar-refractivity contribution in [2.45, 2.75) is 41.0 Å². The van der Waals surface area contributed by atoms with Gasteiger partial charge in [-0.25, -0.2) is 0 Å². The second kappa shape index (κ2) is 5.74. The molecule has 0 atom stereocenters. The summed E-state index contributed by atoms with van der Waals surface area (Å²) in [5, 5.41) is 0. The van der Waals surface area contributed by atoms with Gasteiger partial charge in [-0.05, 0) is 12.5 Å². The summed E-state index contributed by atoms with van der Waals surface area (Å²) in [4.78, 5) is 4.29. The zero-order valence-electron chi connectivity index (χ0n) is 9.46. The fourth-order valence-corrected chi connectivity index (χ4v) is 0.944. The van der Waals surface area contributed by atoms with Crippen molar-refractivity contribution in [2.24, 2.45) is 10.4 Å². The van der Waals surface area contributed by atoms with Crippen LogP contribution in [0.3, 0.4) is 0 Å². The first-order valence-electron chi connectivity index (χ1n) is 5.08. The second-order valence-corrected chi connectivity index (χ2v) is 3.44. The molecule has 13 heavy (non-hydrogen) atoms. The third-order valence-electron chi connectivity index (χ3n) is 1.81. The summed E-state index contributed by atoms with van der Waals surface area (Å²) in [6.45, 7) is 10.5. The molecular formula is C12H21N. The summed E-state index contributed by atoms with van der Waals surface area (Å²) >= 11 is 0. The van der Waals surface area contributed by atoms with Crippen LogP contribution in [0.15, 0.2) is 29.4 Å². The SMILES string of the molecule is CC.CCC1=NC=CC(C)(C)C=C1. The second-order valence-electron chi connectivity index (χ2n) is 3.44. The smallest absolute Gasteiger partial charge is 0.0397 e. The Morgan fingerprint density at radius 3 is 2.38 bits per heavy atom. The predicted octanol–water partition coefficient (Wildman–Crippen LogP) is 3.97. The molecule has 0 amide bonds. The Morgan fingerprint density at radius 1 is 1.23 bits per heavy atom. The van der Waals surface area contributed by atoms with Gasteiger partial charge in [-0.1, -0.05) is 46.8 Å². The molecule has 0 aromatic rings. The van der Waals surface area contributed by atoms with Crippen molar-refractivity contribution in [1.29, 1.82) is 0 Å². The summed E-state index contributed by atoms with van der Waals surface area (Å²) < 4.78 is 0. The van der Waals surface area contributed by atoms with Crippen molar-refractivity contribution >= 4 is 5.71 Å². The van der Waals surface area contributed by atoms with Gasteiger partial charge in [0.05, 0.1) is 0 Å². The number of rotatable bonds is 1. The fraction of sp³-hybridized carbons (Fsp3) is 0.583. The van der Waals surface area contributed by atoms with E-state index >= 15 is 0 Å². The van der Waals surface area contributed by atoms with Gasteiger partial charge in [0.15, 0.2) is 0 Å². The Labute approximate surface area is 82.3 Å². The van der Waals surface area contributed by atoms with Gasteiger partial charge in [-0.15, -0.1) is 0 Å². The van der Waals surface area contributed by atoms with Gasteiger partial charge >= 0.3 is 0 Å². The molecule has 0 saturated carbocycles. The Bertz CT molecular complexity index is 219. The van der Waals surface area contributed by atoms with E-state index in [-0.39, 0.29) is 5.41 Å². The summed E-state index contributed by atoms with van der Waals surface area (Å²) in [5.74, 6) is 0. The highest BCUT2D eigenvalue weighted by atomic mass is 14.7. The van der Waals surface area contributed by atoms with Crippen LogP contribution in [-0.4, -0.2) is 5.71 Å². The van der Waals surface area contributed by atoms with Crippen LogP contribution < -0.4 is 0 Å². The number of nitrogens with zero attached hydrogens (tertiary/aromatic N) is 1. The minimum atomic E-state index is 0.167. The molecular weight excluding hydrogens is 158 g/mol. The van der Waals surface area contributed by atoms with E-state index in [1.165, 1.54) is 0 Å². The summed E-state index contributed by atoms with van der Waals surface area (Å²) in [6, 6.07) is 0. The molecule has 1 nitrogen and oxygen atoms in total. The average molecular weight is 179 g/mol. The molecule has 1 heteroatoms. The number of hydrogen-bond acceptors (Lipinski definition) is 1. The highest BCUT2D eigenvalue weighted by molar-refractivity contribution is 5.95. The van der Waals surface area contributed by atoms with Gasteiger partial charge in [-0.3, -0.25) is 4.99 Å². The Hall–Kier alpha value is -0.850. The number of hydrogen-bond donors (Lipinski definition) is 0. The molecule has 0 unspecified atom stereocenters. The molecule has 74 valence electrons. The van der Waals surface area contributed by atoms with Crippen LogP contribution in [0.4, 0.5) is 0 Å². The maximum absolute atomic E-state index is 4.29. The molecule has 0 spiro atoms. The number of allylic oxidation sites excluding steroid dienone is 3. The topological polar surface area (TPSA) is 12.4 Å². The minimum absolute atomic E-state index is 0.167. The van der Waals surface area contributed by atoms with E-state index in [0.29, 0.717) is 0 Å². The Morgan fingerprint density at radius 2 is 1.85 bits per heavy atom. The van der Waals surface area contributed by atoms with Crippen LogP contribution in [0, 0.1) is 5.41 Å². The lowest BCUT2D eigenvalue weighted by Gasteiger charge is -2.11. The quantitative estimate of drug-likeness (QED) is 0.577. The molecule has 1 aliphatic rings. The van der Waals surface area contributed by atoms with E-state index in [2.05, 4.69) is 44.0 Å². The van der Waals surface area contributed by atoms with Crippen LogP contribution >= 0.6 is 0 Å². The Balaban J connectivity index is 0.000000671. The third kappa shape index (κ3) is 4.66. The third-order valence-corrected chi connectivity index (χ3v) is 1.81. The first kappa shape index (κ1) is 12.2. The summed E-state index contributed by atoms with van der Waals surface area (Å²) in [5.41, 5.74) is 1.33. The van der Waals surface area contributed by atoms with E-state index in [9.17, 15) is 0 Å². The lowest BCUT2D eigenvalue weighted by molar-refractivity contribution is 0.626. The van der Waals surface area contributed by atoms with Gasteiger partial charge in [0.25, 0.3) is 0 Å². The van der Waals surface area contributed by atoms with E-state index in [1.807, 2.05) is 20.0 Å². The largest absolute Gasteiger partial charge is 0.262 e. The highest BCUT2D eigenvalue weighted by Gasteiger charge is 2.10. The lowest BCUT2D eigenvalue weighted by atomic mass is 9.93. The average Bonchev–Trinajstić information content (AvgIpc) is 2.30. The van der Waals surface area contributed by atoms with Crippen molar-refractivity contribution in [3.05, 3.63) is 24.4 Å². The molecule has 0 N–H and O–H groups in total. The standard InChI is InChI=1S/C10H15N.C2H6/c1-4-9-5-6-10(2,3)7-8-11-9;1-2/h5-8H,4H2,1-3H3;1-2H3.